The molecule has 0 bridgehead atoms. The fraction of sp³-hybridized carbons (Fsp3) is 0.364. The molecule has 0 aliphatic carbocycles. The van der Waals surface area contributed by atoms with E-state index in [-0.39, 0.29) is 0 Å². The quantitative estimate of drug-likeness (QED) is 0.715. The van der Waals surface area contributed by atoms with Crippen molar-refractivity contribution in [1.29, 1.82) is 0 Å². The molecule has 3 rings (SSSR count). The molecule has 1 aliphatic rings. The van der Waals surface area contributed by atoms with Crippen LogP contribution in [0.15, 0.2) is 29.0 Å². The van der Waals surface area contributed by atoms with Gasteiger partial charge in [-0.1, -0.05) is 6.07 Å². The van der Waals surface area contributed by atoms with Crippen LogP contribution in [0.3, 0.4) is 0 Å². The van der Waals surface area contributed by atoms with Gasteiger partial charge in [-0.2, -0.15) is 11.8 Å². The van der Waals surface area contributed by atoms with Crippen LogP contribution in [0.25, 0.3) is 11.1 Å². The first kappa shape index (κ1) is 8.36. The molecule has 2 heterocycles. The number of thioether (sulfide) groups is 1. The van der Waals surface area contributed by atoms with Crippen molar-refractivity contribution in [1.82, 2.24) is 4.98 Å². The van der Waals surface area contributed by atoms with E-state index in [1.165, 1.54) is 24.1 Å². The van der Waals surface area contributed by atoms with Gasteiger partial charge >= 0.3 is 0 Å². The van der Waals surface area contributed by atoms with Crippen molar-refractivity contribution in [3.63, 3.8) is 0 Å². The third kappa shape index (κ3) is 1.08. The molecule has 2 aromatic rings. The summed E-state index contributed by atoms with van der Waals surface area (Å²) >= 11 is 2.01. The second-order valence-electron chi connectivity index (χ2n) is 3.86. The summed E-state index contributed by atoms with van der Waals surface area (Å²) in [7, 11) is 0. The van der Waals surface area contributed by atoms with Crippen molar-refractivity contribution in [2.75, 3.05) is 5.75 Å². The number of hydrogen-bond donors (Lipinski definition) is 0. The molecule has 1 aliphatic heterocycles. The molecule has 0 amide bonds. The summed E-state index contributed by atoms with van der Waals surface area (Å²) in [6.45, 7) is 2.29. The van der Waals surface area contributed by atoms with E-state index < -0.39 is 0 Å². The topological polar surface area (TPSA) is 26.0 Å². The fourth-order valence-electron chi connectivity index (χ4n) is 1.82. The predicted molar refractivity (Wildman–Crippen MR) is 58.4 cm³/mol. The average molecular weight is 205 g/mol. The minimum Gasteiger partial charge on any atom is -0.443 e. The Kier molecular flexibility index (Phi) is 1.65. The van der Waals surface area contributed by atoms with Crippen molar-refractivity contribution in [2.45, 2.75) is 18.1 Å². The van der Waals surface area contributed by atoms with Gasteiger partial charge in [-0.3, -0.25) is 0 Å². The van der Waals surface area contributed by atoms with Gasteiger partial charge in [0.2, 0.25) is 0 Å². The lowest BCUT2D eigenvalue weighted by atomic mass is 9.96. The molecule has 1 atom stereocenters. The summed E-state index contributed by atoms with van der Waals surface area (Å²) < 4.78 is 5.61. The lowest BCUT2D eigenvalue weighted by Crippen LogP contribution is -2.27. The smallest absolute Gasteiger partial charge is 0.181 e. The van der Waals surface area contributed by atoms with E-state index in [4.69, 9.17) is 4.42 Å². The lowest BCUT2D eigenvalue weighted by Gasteiger charge is -2.38. The van der Waals surface area contributed by atoms with Crippen molar-refractivity contribution >= 4 is 22.9 Å². The van der Waals surface area contributed by atoms with Gasteiger partial charge in [0.1, 0.15) is 5.52 Å². The summed E-state index contributed by atoms with van der Waals surface area (Å²) in [5.41, 5.74) is 3.20. The summed E-state index contributed by atoms with van der Waals surface area (Å²) in [5.74, 6) is 1.27. The van der Waals surface area contributed by atoms with Gasteiger partial charge in [-0.25, -0.2) is 4.98 Å². The summed E-state index contributed by atoms with van der Waals surface area (Å²) in [6.07, 6.45) is 2.77. The molecular formula is C11H11NOS. The minimum atomic E-state index is 0.307. The molecule has 1 unspecified atom stereocenters. The predicted octanol–water partition coefficient (Wildman–Crippen LogP) is 3.18. The molecular weight excluding hydrogens is 194 g/mol. The maximum absolute atomic E-state index is 5.30. The standard InChI is InChI=1S/C11H11NOS/c1-11(4-5-14-11)8-2-3-9-10(6-8)13-7-12-9/h2-3,6-7H,4-5H2,1H3. The van der Waals surface area contributed by atoms with Gasteiger partial charge in [-0.05, 0) is 36.8 Å². The van der Waals surface area contributed by atoms with Gasteiger partial charge in [0.05, 0.1) is 0 Å². The molecule has 3 heteroatoms. The number of nitrogens with zero attached hydrogens (tertiary/aromatic N) is 1. The normalized spacial score (nSPS) is 26.4. The number of benzene rings is 1. The van der Waals surface area contributed by atoms with Crippen LogP contribution in [0.4, 0.5) is 0 Å². The molecule has 1 saturated heterocycles. The molecule has 1 aromatic heterocycles. The van der Waals surface area contributed by atoms with Crippen LogP contribution in [0.5, 0.6) is 0 Å². The maximum atomic E-state index is 5.30. The Balaban J connectivity index is 2.13. The first-order valence-corrected chi connectivity index (χ1v) is 5.74. The highest BCUT2D eigenvalue weighted by Crippen LogP contribution is 2.49. The Hall–Kier alpha value is -0.960. The highest BCUT2D eigenvalue weighted by molar-refractivity contribution is 8.01. The van der Waals surface area contributed by atoms with Gasteiger partial charge in [-0.15, -0.1) is 0 Å². The van der Waals surface area contributed by atoms with Gasteiger partial charge in [0.15, 0.2) is 12.0 Å². The van der Waals surface area contributed by atoms with Crippen LogP contribution in [0, 0.1) is 0 Å². The zero-order chi connectivity index (χ0) is 9.60. The number of hydrogen-bond acceptors (Lipinski definition) is 3. The SMILES string of the molecule is CC1(c2ccc3ncoc3c2)CCS1. The largest absolute Gasteiger partial charge is 0.443 e. The number of fused-ring (bicyclic) bond motifs is 1. The third-order valence-corrected chi connectivity index (χ3v) is 4.43. The van der Waals surface area contributed by atoms with Gasteiger partial charge in [0, 0.05) is 4.75 Å². The van der Waals surface area contributed by atoms with Crippen LogP contribution in [0.1, 0.15) is 18.9 Å². The highest BCUT2D eigenvalue weighted by Gasteiger charge is 2.34. The monoisotopic (exact) mass is 205 g/mol. The Bertz CT molecular complexity index is 473. The van der Waals surface area contributed by atoms with Crippen molar-refractivity contribution in [3.8, 4) is 0 Å². The van der Waals surface area contributed by atoms with Crippen LogP contribution < -0.4 is 0 Å². The molecule has 1 fully saturated rings. The van der Waals surface area contributed by atoms with E-state index in [1.54, 1.807) is 0 Å². The van der Waals surface area contributed by atoms with Crippen molar-refractivity contribution in [2.24, 2.45) is 0 Å². The van der Waals surface area contributed by atoms with E-state index in [0.29, 0.717) is 4.75 Å². The Morgan fingerprint density at radius 3 is 3.07 bits per heavy atom. The molecule has 72 valence electrons. The van der Waals surface area contributed by atoms with Crippen LogP contribution in [-0.4, -0.2) is 10.7 Å². The summed E-state index contributed by atoms with van der Waals surface area (Å²) in [4.78, 5) is 4.11. The molecule has 2 nitrogen and oxygen atoms in total. The van der Waals surface area contributed by atoms with Crippen molar-refractivity contribution < 1.29 is 4.42 Å². The summed E-state index contributed by atoms with van der Waals surface area (Å²) in [5, 5.41) is 0. The summed E-state index contributed by atoms with van der Waals surface area (Å²) in [6, 6.07) is 6.32. The number of rotatable bonds is 1. The second kappa shape index (κ2) is 2.76. The molecule has 1 aromatic carbocycles. The van der Waals surface area contributed by atoms with E-state index in [2.05, 4.69) is 24.0 Å². The Morgan fingerprint density at radius 2 is 2.36 bits per heavy atom. The average Bonchev–Trinajstić information content (AvgIpc) is 2.60. The van der Waals surface area contributed by atoms with Crippen LogP contribution >= 0.6 is 11.8 Å². The molecule has 0 N–H and O–H groups in total. The lowest BCUT2D eigenvalue weighted by molar-refractivity contribution is 0.595. The first-order chi connectivity index (χ1) is 6.78. The number of oxazole rings is 1. The van der Waals surface area contributed by atoms with E-state index >= 15 is 0 Å². The first-order valence-electron chi connectivity index (χ1n) is 4.76. The van der Waals surface area contributed by atoms with E-state index in [1.807, 2.05) is 17.8 Å². The molecule has 0 spiro atoms. The molecule has 14 heavy (non-hydrogen) atoms. The zero-order valence-electron chi connectivity index (χ0n) is 7.99. The fourth-order valence-corrected chi connectivity index (χ4v) is 2.93. The second-order valence-corrected chi connectivity index (χ2v) is 5.46. The maximum Gasteiger partial charge on any atom is 0.181 e. The molecule has 0 saturated carbocycles. The Labute approximate surface area is 86.7 Å². The van der Waals surface area contributed by atoms with E-state index in [9.17, 15) is 0 Å². The third-order valence-electron chi connectivity index (χ3n) is 2.94. The molecule has 0 radical (unpaired) electrons. The van der Waals surface area contributed by atoms with Gasteiger partial charge < -0.3 is 4.42 Å². The van der Waals surface area contributed by atoms with Crippen LogP contribution in [0.2, 0.25) is 0 Å². The van der Waals surface area contributed by atoms with Crippen molar-refractivity contribution in [3.05, 3.63) is 30.2 Å². The number of aromatic nitrogens is 1. The zero-order valence-corrected chi connectivity index (χ0v) is 8.80. The highest BCUT2D eigenvalue weighted by atomic mass is 32.2. The van der Waals surface area contributed by atoms with Gasteiger partial charge in [0.25, 0.3) is 0 Å². The Morgan fingerprint density at radius 1 is 1.50 bits per heavy atom. The van der Waals surface area contributed by atoms with Crippen LogP contribution in [-0.2, 0) is 4.75 Å². The minimum absolute atomic E-state index is 0.307. The van der Waals surface area contributed by atoms with E-state index in [0.717, 1.165) is 11.1 Å².